The van der Waals surface area contributed by atoms with Crippen LogP contribution in [0.25, 0.3) is 0 Å². The number of sulfonamides is 1. The van der Waals surface area contributed by atoms with Crippen molar-refractivity contribution < 1.29 is 17.9 Å². The monoisotopic (exact) mass is 416 g/mol. The summed E-state index contributed by atoms with van der Waals surface area (Å²) in [7, 11) is -3.85. The van der Waals surface area contributed by atoms with Crippen LogP contribution in [-0.2, 0) is 21.4 Å². The first-order chi connectivity index (χ1) is 13.9. The van der Waals surface area contributed by atoms with Crippen molar-refractivity contribution in [3.05, 3.63) is 59.7 Å². The molecule has 0 saturated carbocycles. The first-order valence-corrected chi connectivity index (χ1v) is 11.4. The second-order valence-electron chi connectivity index (χ2n) is 7.21. The van der Waals surface area contributed by atoms with Crippen LogP contribution in [0.2, 0.25) is 0 Å². The number of nitrogens with zero attached hydrogens (tertiary/aromatic N) is 2. The normalized spacial score (nSPS) is 14.4. The number of benzene rings is 2. The number of aryl methyl sites for hydroxylation is 1. The summed E-state index contributed by atoms with van der Waals surface area (Å²) in [4.78, 5) is 14.6. The minimum Gasteiger partial charge on any atom is -0.494 e. The second-order valence-corrected chi connectivity index (χ2v) is 9.14. The summed E-state index contributed by atoms with van der Waals surface area (Å²) in [5, 5.41) is 0. The van der Waals surface area contributed by atoms with Crippen LogP contribution >= 0.6 is 0 Å². The summed E-state index contributed by atoms with van der Waals surface area (Å²) in [6, 6.07) is 14.2. The number of amides is 1. The summed E-state index contributed by atoms with van der Waals surface area (Å²) in [5.41, 5.74) is 1.59. The van der Waals surface area contributed by atoms with Gasteiger partial charge in [0.25, 0.3) is 0 Å². The van der Waals surface area contributed by atoms with Gasteiger partial charge in [-0.1, -0.05) is 30.3 Å². The molecule has 2 aromatic rings. The highest BCUT2D eigenvalue weighted by Crippen LogP contribution is 2.25. The topological polar surface area (TPSA) is 66.9 Å². The standard InChI is InChI=1S/C22H28N2O4S/c1-3-28-21-12-11-20(15-18(21)2)29(26,27)24(16-19-9-5-4-6-10-19)17-22(25)23-13-7-8-14-23/h4-6,9-12,15H,3,7-8,13-14,16-17H2,1-2H3. The molecular formula is C22H28N2O4S. The van der Waals surface area contributed by atoms with E-state index in [9.17, 15) is 13.2 Å². The van der Waals surface area contributed by atoms with Gasteiger partial charge >= 0.3 is 0 Å². The van der Waals surface area contributed by atoms with Gasteiger partial charge in [0.2, 0.25) is 15.9 Å². The van der Waals surface area contributed by atoms with Gasteiger partial charge in [-0.3, -0.25) is 4.79 Å². The number of rotatable bonds is 8. The fourth-order valence-corrected chi connectivity index (χ4v) is 4.94. The van der Waals surface area contributed by atoms with Gasteiger partial charge in [0.05, 0.1) is 18.0 Å². The van der Waals surface area contributed by atoms with Crippen LogP contribution in [0, 0.1) is 6.92 Å². The molecule has 1 saturated heterocycles. The zero-order chi connectivity index (χ0) is 20.9. The van der Waals surface area contributed by atoms with Crippen molar-refractivity contribution in [2.45, 2.75) is 38.1 Å². The largest absolute Gasteiger partial charge is 0.494 e. The zero-order valence-corrected chi connectivity index (χ0v) is 17.8. The second kappa shape index (κ2) is 9.41. The minimum atomic E-state index is -3.85. The zero-order valence-electron chi connectivity index (χ0n) is 17.0. The minimum absolute atomic E-state index is 0.148. The molecule has 2 aromatic carbocycles. The van der Waals surface area contributed by atoms with E-state index in [4.69, 9.17) is 4.74 Å². The van der Waals surface area contributed by atoms with E-state index >= 15 is 0 Å². The average Bonchev–Trinajstić information content (AvgIpc) is 3.25. The van der Waals surface area contributed by atoms with Crippen molar-refractivity contribution in [3.8, 4) is 5.75 Å². The number of hydrogen-bond donors (Lipinski definition) is 0. The third-order valence-corrected chi connectivity index (χ3v) is 6.84. The van der Waals surface area contributed by atoms with Crippen LogP contribution in [0.1, 0.15) is 30.9 Å². The van der Waals surface area contributed by atoms with Gasteiger partial charge in [-0.15, -0.1) is 0 Å². The molecule has 0 radical (unpaired) electrons. The highest BCUT2D eigenvalue weighted by molar-refractivity contribution is 7.89. The summed E-state index contributed by atoms with van der Waals surface area (Å²) in [6.07, 6.45) is 1.94. The van der Waals surface area contributed by atoms with Gasteiger partial charge in [-0.05, 0) is 56.0 Å². The Balaban J connectivity index is 1.90. The van der Waals surface area contributed by atoms with E-state index in [2.05, 4.69) is 0 Å². The Hall–Kier alpha value is -2.38. The van der Waals surface area contributed by atoms with Crippen molar-refractivity contribution in [3.63, 3.8) is 0 Å². The van der Waals surface area contributed by atoms with Crippen LogP contribution in [0.15, 0.2) is 53.4 Å². The first-order valence-electron chi connectivity index (χ1n) is 9.97. The highest BCUT2D eigenvalue weighted by atomic mass is 32.2. The number of carbonyl (C=O) groups is 1. The molecule has 0 atom stereocenters. The molecule has 1 amide bonds. The van der Waals surface area contributed by atoms with Crippen molar-refractivity contribution in [1.82, 2.24) is 9.21 Å². The van der Waals surface area contributed by atoms with Gasteiger partial charge < -0.3 is 9.64 Å². The van der Waals surface area contributed by atoms with E-state index in [0.717, 1.165) is 24.0 Å². The smallest absolute Gasteiger partial charge is 0.243 e. The van der Waals surface area contributed by atoms with Crippen LogP contribution in [0.4, 0.5) is 0 Å². The summed E-state index contributed by atoms with van der Waals surface area (Å²) in [5.74, 6) is 0.513. The highest BCUT2D eigenvalue weighted by Gasteiger charge is 2.30. The summed E-state index contributed by atoms with van der Waals surface area (Å²) in [6.45, 7) is 5.59. The molecule has 1 aliphatic rings. The lowest BCUT2D eigenvalue weighted by molar-refractivity contribution is -0.130. The molecule has 1 heterocycles. The SMILES string of the molecule is CCOc1ccc(S(=O)(=O)N(CC(=O)N2CCCC2)Cc2ccccc2)cc1C. The van der Waals surface area contributed by atoms with Gasteiger partial charge in [-0.25, -0.2) is 8.42 Å². The molecule has 0 bridgehead atoms. The number of carbonyl (C=O) groups excluding carboxylic acids is 1. The van der Waals surface area contributed by atoms with Crippen molar-refractivity contribution in [1.29, 1.82) is 0 Å². The lowest BCUT2D eigenvalue weighted by Crippen LogP contribution is -2.41. The molecule has 156 valence electrons. The fourth-order valence-electron chi connectivity index (χ4n) is 3.48. The van der Waals surface area contributed by atoms with Crippen molar-refractivity contribution >= 4 is 15.9 Å². The molecule has 29 heavy (non-hydrogen) atoms. The quantitative estimate of drug-likeness (QED) is 0.663. The average molecular weight is 417 g/mol. The fraction of sp³-hybridized carbons (Fsp3) is 0.409. The predicted octanol–water partition coefficient (Wildman–Crippen LogP) is 3.21. The summed E-state index contributed by atoms with van der Waals surface area (Å²) >= 11 is 0. The first kappa shape index (κ1) is 21.3. The molecule has 0 aliphatic carbocycles. The lowest BCUT2D eigenvalue weighted by Gasteiger charge is -2.25. The van der Waals surface area contributed by atoms with Gasteiger partial charge in [-0.2, -0.15) is 4.31 Å². The Morgan fingerprint density at radius 2 is 1.79 bits per heavy atom. The van der Waals surface area contributed by atoms with Crippen LogP contribution in [0.5, 0.6) is 5.75 Å². The van der Waals surface area contributed by atoms with E-state index in [1.165, 1.54) is 4.31 Å². The molecule has 0 N–H and O–H groups in total. The van der Waals surface area contributed by atoms with E-state index in [-0.39, 0.29) is 23.9 Å². The Morgan fingerprint density at radius 1 is 1.10 bits per heavy atom. The van der Waals surface area contributed by atoms with E-state index in [1.54, 1.807) is 23.1 Å². The maximum absolute atomic E-state index is 13.4. The number of hydrogen-bond acceptors (Lipinski definition) is 4. The van der Waals surface area contributed by atoms with Gasteiger partial charge in [0, 0.05) is 19.6 Å². The van der Waals surface area contributed by atoms with Crippen LogP contribution in [-0.4, -0.2) is 49.8 Å². The molecule has 7 heteroatoms. The Morgan fingerprint density at radius 3 is 2.41 bits per heavy atom. The Labute approximate surface area is 173 Å². The molecule has 6 nitrogen and oxygen atoms in total. The number of ether oxygens (including phenoxy) is 1. The van der Waals surface area contributed by atoms with E-state index in [1.807, 2.05) is 44.2 Å². The molecule has 0 unspecified atom stereocenters. The van der Waals surface area contributed by atoms with Gasteiger partial charge in [0.15, 0.2) is 0 Å². The molecule has 0 aromatic heterocycles. The third kappa shape index (κ3) is 5.16. The Bertz CT molecular complexity index is 939. The van der Waals surface area contributed by atoms with E-state index in [0.29, 0.717) is 25.4 Å². The predicted molar refractivity (Wildman–Crippen MR) is 112 cm³/mol. The van der Waals surface area contributed by atoms with Crippen LogP contribution in [0.3, 0.4) is 0 Å². The molecule has 1 fully saturated rings. The van der Waals surface area contributed by atoms with Gasteiger partial charge in [0.1, 0.15) is 5.75 Å². The maximum atomic E-state index is 13.4. The van der Waals surface area contributed by atoms with Crippen molar-refractivity contribution in [2.24, 2.45) is 0 Å². The lowest BCUT2D eigenvalue weighted by atomic mass is 10.2. The number of likely N-dealkylation sites (tertiary alicyclic amines) is 1. The Kier molecular flexibility index (Phi) is 6.92. The maximum Gasteiger partial charge on any atom is 0.243 e. The van der Waals surface area contributed by atoms with Crippen LogP contribution < -0.4 is 4.74 Å². The molecule has 0 spiro atoms. The van der Waals surface area contributed by atoms with Crippen molar-refractivity contribution in [2.75, 3.05) is 26.2 Å². The summed E-state index contributed by atoms with van der Waals surface area (Å²) < 4.78 is 33.6. The molecule has 3 rings (SSSR count). The molecular weight excluding hydrogens is 388 g/mol. The van der Waals surface area contributed by atoms with E-state index < -0.39 is 10.0 Å². The molecule has 1 aliphatic heterocycles. The third-order valence-electron chi connectivity index (χ3n) is 5.06.